The van der Waals surface area contributed by atoms with Crippen LogP contribution in [0.25, 0.3) is 10.4 Å². The van der Waals surface area contributed by atoms with Crippen molar-refractivity contribution in [3.8, 4) is 0 Å². The first kappa shape index (κ1) is 9.10. The van der Waals surface area contributed by atoms with Crippen LogP contribution in [-0.4, -0.2) is 0 Å². The van der Waals surface area contributed by atoms with Crippen molar-refractivity contribution in [3.63, 3.8) is 0 Å². The average Bonchev–Trinajstić information content (AvgIpc) is 2.72. The van der Waals surface area contributed by atoms with E-state index in [0.29, 0.717) is 5.92 Å². The average molecular weight is 187 g/mol. The first-order valence-electron chi connectivity index (χ1n) is 5.06. The van der Waals surface area contributed by atoms with Gasteiger partial charge in [0.05, 0.1) is 0 Å². The van der Waals surface area contributed by atoms with Crippen molar-refractivity contribution in [2.75, 3.05) is 0 Å². The summed E-state index contributed by atoms with van der Waals surface area (Å²) in [6, 6.07) is 7.92. The third-order valence-electron chi connectivity index (χ3n) is 2.88. The lowest BCUT2D eigenvalue weighted by Crippen LogP contribution is -1.91. The van der Waals surface area contributed by atoms with Gasteiger partial charge in [-0.2, -0.15) is 0 Å². The van der Waals surface area contributed by atoms with Crippen LogP contribution in [0.1, 0.15) is 37.2 Å². The van der Waals surface area contributed by atoms with E-state index >= 15 is 0 Å². The molecule has 1 aliphatic rings. The van der Waals surface area contributed by atoms with E-state index in [1.807, 2.05) is 18.2 Å². The van der Waals surface area contributed by atoms with Crippen LogP contribution in [0.3, 0.4) is 0 Å². The van der Waals surface area contributed by atoms with Crippen LogP contribution in [-0.2, 0) is 0 Å². The SMILES string of the molecule is [N-]=[N+]=Nc1ccccc1C1CCCC1. The third kappa shape index (κ3) is 1.73. The molecule has 1 fully saturated rings. The van der Waals surface area contributed by atoms with E-state index in [4.69, 9.17) is 5.53 Å². The van der Waals surface area contributed by atoms with Crippen LogP contribution >= 0.6 is 0 Å². The van der Waals surface area contributed by atoms with Crippen molar-refractivity contribution in [3.05, 3.63) is 40.3 Å². The molecule has 0 unspecified atom stereocenters. The molecule has 0 atom stereocenters. The Morgan fingerprint density at radius 1 is 1.21 bits per heavy atom. The van der Waals surface area contributed by atoms with Crippen LogP contribution in [0.15, 0.2) is 29.4 Å². The molecule has 0 radical (unpaired) electrons. The summed E-state index contributed by atoms with van der Waals surface area (Å²) >= 11 is 0. The zero-order valence-corrected chi connectivity index (χ0v) is 8.06. The molecule has 0 spiro atoms. The van der Waals surface area contributed by atoms with Gasteiger partial charge in [0.2, 0.25) is 0 Å². The van der Waals surface area contributed by atoms with E-state index in [1.54, 1.807) is 0 Å². The lowest BCUT2D eigenvalue weighted by atomic mass is 9.96. The molecule has 0 saturated heterocycles. The summed E-state index contributed by atoms with van der Waals surface area (Å²) in [5.74, 6) is 0.608. The van der Waals surface area contributed by atoms with Gasteiger partial charge in [-0.15, -0.1) is 0 Å². The predicted molar refractivity (Wildman–Crippen MR) is 56.5 cm³/mol. The predicted octanol–water partition coefficient (Wildman–Crippen LogP) is 4.29. The number of rotatable bonds is 2. The number of hydrogen-bond acceptors (Lipinski definition) is 1. The summed E-state index contributed by atoms with van der Waals surface area (Å²) in [7, 11) is 0. The molecular weight excluding hydrogens is 174 g/mol. The molecule has 1 aromatic carbocycles. The van der Waals surface area contributed by atoms with Gasteiger partial charge < -0.3 is 0 Å². The zero-order valence-electron chi connectivity index (χ0n) is 8.06. The Balaban J connectivity index is 2.34. The summed E-state index contributed by atoms with van der Waals surface area (Å²) in [6.45, 7) is 0. The first-order chi connectivity index (χ1) is 6.92. The van der Waals surface area contributed by atoms with Gasteiger partial charge in [0.25, 0.3) is 0 Å². The summed E-state index contributed by atoms with van der Waals surface area (Å²) in [5.41, 5.74) is 10.5. The molecule has 3 nitrogen and oxygen atoms in total. The van der Waals surface area contributed by atoms with Gasteiger partial charge in [-0.05, 0) is 29.9 Å². The minimum Gasteiger partial charge on any atom is -0.0620 e. The summed E-state index contributed by atoms with van der Waals surface area (Å²) in [4.78, 5) is 2.86. The van der Waals surface area contributed by atoms with Crippen molar-refractivity contribution in [2.45, 2.75) is 31.6 Å². The van der Waals surface area contributed by atoms with Crippen molar-refractivity contribution in [2.24, 2.45) is 5.11 Å². The van der Waals surface area contributed by atoms with E-state index in [-0.39, 0.29) is 0 Å². The Bertz CT molecular complexity index is 361. The Hall–Kier alpha value is -1.47. The Labute approximate surface area is 83.4 Å². The molecule has 0 N–H and O–H groups in total. The maximum atomic E-state index is 8.45. The standard InChI is InChI=1S/C11H13N3/c12-14-13-11-8-4-3-7-10(11)9-5-1-2-6-9/h3-4,7-9H,1-2,5-6H2. The lowest BCUT2D eigenvalue weighted by Gasteiger charge is -2.11. The van der Waals surface area contributed by atoms with Crippen molar-refractivity contribution >= 4 is 5.69 Å². The first-order valence-corrected chi connectivity index (χ1v) is 5.06. The molecule has 0 amide bonds. The highest BCUT2D eigenvalue weighted by atomic mass is 15.1. The molecular formula is C11H13N3. The minimum absolute atomic E-state index is 0.608. The van der Waals surface area contributed by atoms with E-state index in [9.17, 15) is 0 Å². The number of nitrogens with zero attached hydrogens (tertiary/aromatic N) is 3. The molecule has 14 heavy (non-hydrogen) atoms. The highest BCUT2D eigenvalue weighted by Gasteiger charge is 2.18. The summed E-state index contributed by atoms with van der Waals surface area (Å²) in [6.07, 6.45) is 5.07. The summed E-state index contributed by atoms with van der Waals surface area (Å²) < 4.78 is 0. The van der Waals surface area contributed by atoms with Gasteiger partial charge in [-0.1, -0.05) is 42.2 Å². The molecule has 1 aromatic rings. The molecule has 1 saturated carbocycles. The van der Waals surface area contributed by atoms with Gasteiger partial charge in [0.15, 0.2) is 0 Å². The normalized spacial score (nSPS) is 16.6. The van der Waals surface area contributed by atoms with Crippen LogP contribution in [0, 0.1) is 0 Å². The summed E-state index contributed by atoms with van der Waals surface area (Å²) in [5, 5.41) is 3.73. The Kier molecular flexibility index (Phi) is 2.70. The van der Waals surface area contributed by atoms with Crippen molar-refractivity contribution in [1.82, 2.24) is 0 Å². The Morgan fingerprint density at radius 3 is 2.64 bits per heavy atom. The van der Waals surface area contributed by atoms with Crippen molar-refractivity contribution < 1.29 is 0 Å². The molecule has 0 heterocycles. The lowest BCUT2D eigenvalue weighted by molar-refractivity contribution is 0.724. The zero-order chi connectivity index (χ0) is 9.80. The maximum absolute atomic E-state index is 8.45. The number of azide groups is 1. The second kappa shape index (κ2) is 4.16. The van der Waals surface area contributed by atoms with Gasteiger partial charge in [0, 0.05) is 10.6 Å². The van der Waals surface area contributed by atoms with Crippen LogP contribution in [0.4, 0.5) is 5.69 Å². The molecule has 1 aliphatic carbocycles. The van der Waals surface area contributed by atoms with E-state index in [0.717, 1.165) is 5.69 Å². The molecule has 0 aliphatic heterocycles. The molecule has 0 bridgehead atoms. The van der Waals surface area contributed by atoms with E-state index in [1.165, 1.54) is 31.2 Å². The van der Waals surface area contributed by atoms with Gasteiger partial charge in [0.1, 0.15) is 0 Å². The van der Waals surface area contributed by atoms with Crippen LogP contribution in [0.2, 0.25) is 0 Å². The fraction of sp³-hybridized carbons (Fsp3) is 0.455. The second-order valence-electron chi connectivity index (χ2n) is 3.73. The number of benzene rings is 1. The van der Waals surface area contributed by atoms with Crippen LogP contribution < -0.4 is 0 Å². The highest BCUT2D eigenvalue weighted by molar-refractivity contribution is 5.47. The minimum atomic E-state index is 0.608. The third-order valence-corrected chi connectivity index (χ3v) is 2.88. The molecule has 2 rings (SSSR count). The number of hydrogen-bond donors (Lipinski definition) is 0. The van der Waals surface area contributed by atoms with E-state index in [2.05, 4.69) is 16.1 Å². The van der Waals surface area contributed by atoms with Gasteiger partial charge in [-0.3, -0.25) is 0 Å². The monoisotopic (exact) mass is 187 g/mol. The molecule has 3 heteroatoms. The van der Waals surface area contributed by atoms with Crippen molar-refractivity contribution in [1.29, 1.82) is 0 Å². The van der Waals surface area contributed by atoms with E-state index < -0.39 is 0 Å². The maximum Gasteiger partial charge on any atom is 0.0410 e. The quantitative estimate of drug-likeness (QED) is 0.377. The smallest absolute Gasteiger partial charge is 0.0410 e. The second-order valence-corrected chi connectivity index (χ2v) is 3.73. The fourth-order valence-corrected chi connectivity index (χ4v) is 2.21. The molecule has 0 aromatic heterocycles. The topological polar surface area (TPSA) is 48.8 Å². The largest absolute Gasteiger partial charge is 0.0620 e. The highest BCUT2D eigenvalue weighted by Crippen LogP contribution is 2.38. The van der Waals surface area contributed by atoms with Crippen LogP contribution in [0.5, 0.6) is 0 Å². The molecule has 72 valence electrons. The van der Waals surface area contributed by atoms with Gasteiger partial charge >= 0.3 is 0 Å². The Morgan fingerprint density at radius 2 is 1.93 bits per heavy atom. The van der Waals surface area contributed by atoms with Gasteiger partial charge in [-0.25, -0.2) is 0 Å². The fourth-order valence-electron chi connectivity index (χ4n) is 2.21.